The molecule has 1 heterocycles. The van der Waals surface area contributed by atoms with E-state index in [1.165, 1.54) is 22.3 Å². The Balaban J connectivity index is 0.00000280. The van der Waals surface area contributed by atoms with Gasteiger partial charge in [0.05, 0.1) is 12.5 Å². The molecule has 3 rings (SSSR count). The highest BCUT2D eigenvalue weighted by Crippen LogP contribution is 2.30. The van der Waals surface area contributed by atoms with Gasteiger partial charge in [-0.2, -0.15) is 0 Å². The van der Waals surface area contributed by atoms with Gasteiger partial charge in [0.1, 0.15) is 6.10 Å². The quantitative estimate of drug-likeness (QED) is 0.732. The zero-order valence-electron chi connectivity index (χ0n) is 16.6. The normalized spacial score (nSPS) is 17.3. The molecule has 5 heteroatoms. The third-order valence-corrected chi connectivity index (χ3v) is 5.49. The van der Waals surface area contributed by atoms with Gasteiger partial charge in [0.2, 0.25) is 0 Å². The van der Waals surface area contributed by atoms with Crippen LogP contribution in [0.2, 0.25) is 0 Å². The first kappa shape index (κ1) is 22.4. The van der Waals surface area contributed by atoms with Crippen molar-refractivity contribution < 1.29 is 14.6 Å². The Morgan fingerprint density at radius 2 is 1.68 bits per heavy atom. The van der Waals surface area contributed by atoms with Crippen LogP contribution in [0, 0.1) is 19.8 Å². The van der Waals surface area contributed by atoms with E-state index >= 15 is 0 Å². The van der Waals surface area contributed by atoms with E-state index in [0.717, 1.165) is 25.9 Å². The summed E-state index contributed by atoms with van der Waals surface area (Å²) in [5, 5.41) is 9.27. The highest BCUT2D eigenvalue weighted by Gasteiger charge is 2.25. The third-order valence-electron chi connectivity index (χ3n) is 5.49. The van der Waals surface area contributed by atoms with Gasteiger partial charge in [-0.3, -0.25) is 4.79 Å². The second-order valence-electron chi connectivity index (χ2n) is 7.44. The van der Waals surface area contributed by atoms with Crippen molar-refractivity contribution in [2.45, 2.75) is 32.8 Å². The number of hydrogen-bond donors (Lipinski definition) is 1. The number of rotatable bonds is 7. The summed E-state index contributed by atoms with van der Waals surface area (Å²) >= 11 is 0. The molecule has 1 aliphatic rings. The number of piperidine rings is 1. The molecule has 1 aliphatic heterocycles. The number of hydrogen-bond acceptors (Lipinski definition) is 3. The number of carboxylic acid groups (broad SMARTS) is 1. The van der Waals surface area contributed by atoms with Gasteiger partial charge in [-0.25, -0.2) is 0 Å². The molecular weight excluding hydrogens is 374 g/mol. The molecule has 0 saturated carbocycles. The second-order valence-corrected chi connectivity index (χ2v) is 7.44. The zero-order valence-corrected chi connectivity index (χ0v) is 17.5. The summed E-state index contributed by atoms with van der Waals surface area (Å²) in [7, 11) is 0. The maximum absolute atomic E-state index is 11.3. The van der Waals surface area contributed by atoms with Crippen LogP contribution in [0.1, 0.15) is 41.2 Å². The average Bonchev–Trinajstić information content (AvgIpc) is 2.67. The lowest BCUT2D eigenvalue weighted by atomic mass is 9.94. The van der Waals surface area contributed by atoms with Crippen LogP contribution in [0.5, 0.6) is 0 Å². The number of nitrogens with zero attached hydrogens (tertiary/aromatic N) is 1. The van der Waals surface area contributed by atoms with Crippen LogP contribution in [-0.4, -0.2) is 42.2 Å². The van der Waals surface area contributed by atoms with Gasteiger partial charge in [0.25, 0.3) is 0 Å². The summed E-state index contributed by atoms with van der Waals surface area (Å²) in [6.07, 6.45) is 1.62. The van der Waals surface area contributed by atoms with Crippen LogP contribution < -0.4 is 0 Å². The van der Waals surface area contributed by atoms with Crippen LogP contribution in [0.15, 0.2) is 48.5 Å². The first-order valence-corrected chi connectivity index (χ1v) is 9.74. The maximum Gasteiger partial charge on any atom is 0.307 e. The first-order chi connectivity index (χ1) is 13.1. The fourth-order valence-electron chi connectivity index (χ4n) is 3.87. The molecule has 0 radical (unpaired) electrons. The average molecular weight is 404 g/mol. The fraction of sp³-hybridized carbons (Fsp3) is 0.435. The highest BCUT2D eigenvalue weighted by atomic mass is 35.5. The van der Waals surface area contributed by atoms with E-state index in [-0.39, 0.29) is 24.4 Å². The minimum atomic E-state index is -0.682. The summed E-state index contributed by atoms with van der Waals surface area (Å²) in [5.74, 6) is -0.930. The van der Waals surface area contributed by atoms with Crippen molar-refractivity contribution in [2.75, 3.05) is 26.2 Å². The van der Waals surface area contributed by atoms with Crippen molar-refractivity contribution in [1.82, 2.24) is 4.90 Å². The molecule has 152 valence electrons. The molecule has 1 N–H and O–H groups in total. The molecule has 28 heavy (non-hydrogen) atoms. The molecule has 4 nitrogen and oxygen atoms in total. The molecule has 2 aromatic carbocycles. The predicted molar refractivity (Wildman–Crippen MR) is 114 cm³/mol. The van der Waals surface area contributed by atoms with Crippen LogP contribution in [-0.2, 0) is 9.53 Å². The molecule has 0 aromatic heterocycles. The number of aliphatic carboxylic acids is 1. The second kappa shape index (κ2) is 10.6. The summed E-state index contributed by atoms with van der Waals surface area (Å²) in [6.45, 7) is 7.15. The van der Waals surface area contributed by atoms with E-state index in [1.54, 1.807) is 0 Å². The number of ether oxygens (including phenoxy) is 1. The van der Waals surface area contributed by atoms with Gasteiger partial charge < -0.3 is 14.7 Å². The number of carboxylic acids is 1. The largest absolute Gasteiger partial charge is 0.481 e. The molecule has 1 fully saturated rings. The lowest BCUT2D eigenvalue weighted by molar-refractivity contribution is -0.143. The predicted octanol–water partition coefficient (Wildman–Crippen LogP) is 4.63. The van der Waals surface area contributed by atoms with Crippen molar-refractivity contribution in [2.24, 2.45) is 5.92 Å². The topological polar surface area (TPSA) is 49.8 Å². The first-order valence-electron chi connectivity index (χ1n) is 9.74. The fourth-order valence-corrected chi connectivity index (χ4v) is 3.87. The molecule has 0 aliphatic carbocycles. The van der Waals surface area contributed by atoms with E-state index in [1.807, 2.05) is 12.1 Å². The number of benzene rings is 2. The van der Waals surface area contributed by atoms with E-state index in [9.17, 15) is 9.90 Å². The lowest BCUT2D eigenvalue weighted by Gasteiger charge is -2.31. The molecule has 1 saturated heterocycles. The Kier molecular flexibility index (Phi) is 8.49. The molecule has 2 aromatic rings. The maximum atomic E-state index is 11.3. The van der Waals surface area contributed by atoms with Gasteiger partial charge in [-0.05, 0) is 55.5 Å². The van der Waals surface area contributed by atoms with Crippen LogP contribution in [0.25, 0.3) is 0 Å². The Bertz CT molecular complexity index is 734. The van der Waals surface area contributed by atoms with Crippen molar-refractivity contribution in [3.8, 4) is 0 Å². The van der Waals surface area contributed by atoms with Gasteiger partial charge in [0, 0.05) is 13.1 Å². The van der Waals surface area contributed by atoms with Crippen molar-refractivity contribution in [1.29, 1.82) is 0 Å². The summed E-state index contributed by atoms with van der Waals surface area (Å²) in [6, 6.07) is 16.7. The number of halogens is 1. The standard InChI is InChI=1S/C23H29NO3.ClH/c1-17-8-3-5-11-20(17)22(21-12-6-4-9-18(21)2)27-15-14-24-13-7-10-19(16-24)23(25)26;/h3-6,8-9,11-12,19,22H,7,10,13-16H2,1-2H3,(H,25,26);1H. The Hall–Kier alpha value is -1.88. The molecule has 0 bridgehead atoms. The molecular formula is C23H30ClNO3. The minimum Gasteiger partial charge on any atom is -0.481 e. The molecule has 1 unspecified atom stereocenters. The van der Waals surface area contributed by atoms with Crippen molar-refractivity contribution in [3.05, 3.63) is 70.8 Å². The monoisotopic (exact) mass is 403 g/mol. The van der Waals surface area contributed by atoms with Crippen LogP contribution >= 0.6 is 12.4 Å². The van der Waals surface area contributed by atoms with Crippen molar-refractivity contribution in [3.63, 3.8) is 0 Å². The molecule has 0 spiro atoms. The highest BCUT2D eigenvalue weighted by molar-refractivity contribution is 5.85. The van der Waals surface area contributed by atoms with Gasteiger partial charge >= 0.3 is 5.97 Å². The van der Waals surface area contributed by atoms with Crippen LogP contribution in [0.4, 0.5) is 0 Å². The number of carbonyl (C=O) groups is 1. The number of likely N-dealkylation sites (tertiary alicyclic amines) is 1. The Morgan fingerprint density at radius 1 is 1.11 bits per heavy atom. The summed E-state index contributed by atoms with van der Waals surface area (Å²) in [4.78, 5) is 13.5. The van der Waals surface area contributed by atoms with E-state index in [0.29, 0.717) is 13.2 Å². The third kappa shape index (κ3) is 5.57. The Labute approximate surface area is 173 Å². The lowest BCUT2D eigenvalue weighted by Crippen LogP contribution is -2.40. The summed E-state index contributed by atoms with van der Waals surface area (Å²) in [5.41, 5.74) is 4.81. The van der Waals surface area contributed by atoms with E-state index in [2.05, 4.69) is 55.1 Å². The SMILES string of the molecule is Cc1ccccc1C(OCCN1CCCC(C(=O)O)C1)c1ccccc1C.Cl. The van der Waals surface area contributed by atoms with E-state index in [4.69, 9.17) is 4.74 Å². The van der Waals surface area contributed by atoms with Gasteiger partial charge in [-0.15, -0.1) is 12.4 Å². The molecule has 1 atom stereocenters. The van der Waals surface area contributed by atoms with Crippen LogP contribution in [0.3, 0.4) is 0 Å². The Morgan fingerprint density at radius 3 is 2.21 bits per heavy atom. The van der Waals surface area contributed by atoms with E-state index < -0.39 is 5.97 Å². The molecule has 0 amide bonds. The smallest absolute Gasteiger partial charge is 0.307 e. The zero-order chi connectivity index (χ0) is 19.2. The summed E-state index contributed by atoms with van der Waals surface area (Å²) < 4.78 is 6.39. The van der Waals surface area contributed by atoms with Crippen molar-refractivity contribution >= 4 is 18.4 Å². The van der Waals surface area contributed by atoms with Gasteiger partial charge in [0.15, 0.2) is 0 Å². The van der Waals surface area contributed by atoms with Gasteiger partial charge in [-0.1, -0.05) is 48.5 Å². The number of aryl methyl sites for hydroxylation is 2. The minimum absolute atomic E-state index is 0.